The van der Waals surface area contributed by atoms with Gasteiger partial charge in [-0.2, -0.15) is 0 Å². The van der Waals surface area contributed by atoms with Crippen molar-refractivity contribution in [2.75, 3.05) is 18.9 Å². The molecule has 0 unspecified atom stereocenters. The minimum absolute atomic E-state index is 0.00166. The normalized spacial score (nSPS) is 11.1. The first-order chi connectivity index (χ1) is 7.86. The van der Waals surface area contributed by atoms with Crippen molar-refractivity contribution in [3.8, 4) is 0 Å². The summed E-state index contributed by atoms with van der Waals surface area (Å²) in [5.41, 5.74) is 1.34. The van der Waals surface area contributed by atoms with Gasteiger partial charge < -0.3 is 10.6 Å². The molecule has 5 heteroatoms. The highest BCUT2D eigenvalue weighted by Crippen LogP contribution is 2.16. The number of hydrogen-bond acceptors (Lipinski definition) is 4. The van der Waals surface area contributed by atoms with Gasteiger partial charge in [0.25, 0.3) is 0 Å². The Bertz CT molecular complexity index is 415. The highest BCUT2D eigenvalue weighted by Gasteiger charge is 2.26. The summed E-state index contributed by atoms with van der Waals surface area (Å²) >= 11 is 0. The molecule has 1 amide bonds. The van der Waals surface area contributed by atoms with Gasteiger partial charge >= 0.3 is 0 Å². The molecule has 0 aliphatic carbocycles. The molecule has 1 aromatic rings. The first kappa shape index (κ1) is 13.4. The average molecular weight is 236 g/mol. The fourth-order valence-corrected chi connectivity index (χ4v) is 1.36. The second kappa shape index (κ2) is 5.12. The molecule has 0 radical (unpaired) electrons. The van der Waals surface area contributed by atoms with Gasteiger partial charge in [0, 0.05) is 13.6 Å². The Hall–Kier alpha value is -1.65. The molecule has 0 saturated carbocycles. The van der Waals surface area contributed by atoms with E-state index in [1.165, 1.54) is 0 Å². The molecule has 5 nitrogen and oxygen atoms in total. The molecule has 0 aromatic carbocycles. The smallest absolute Gasteiger partial charge is 0.227 e. The molecule has 0 saturated heterocycles. The van der Waals surface area contributed by atoms with E-state index in [4.69, 9.17) is 0 Å². The van der Waals surface area contributed by atoms with E-state index in [9.17, 15) is 4.79 Å². The summed E-state index contributed by atoms with van der Waals surface area (Å²) < 4.78 is 0. The van der Waals surface area contributed by atoms with E-state index in [1.807, 2.05) is 27.7 Å². The Morgan fingerprint density at radius 3 is 2.53 bits per heavy atom. The maximum Gasteiger partial charge on any atom is 0.227 e. The van der Waals surface area contributed by atoms with Gasteiger partial charge in [-0.15, -0.1) is 0 Å². The molecule has 0 bridgehead atoms. The van der Waals surface area contributed by atoms with Gasteiger partial charge in [-0.25, -0.2) is 4.98 Å². The standard InChI is InChI=1S/C12H20N4O/c1-8-9(2)16-10(6-14-8)15-7-12(3,4)11(17)13-5/h6H,7H2,1-5H3,(H,13,17)(H,15,16). The number of aromatic nitrogens is 2. The number of nitrogens with zero attached hydrogens (tertiary/aromatic N) is 2. The predicted molar refractivity (Wildman–Crippen MR) is 67.8 cm³/mol. The molecule has 94 valence electrons. The lowest BCUT2D eigenvalue weighted by Crippen LogP contribution is -2.39. The van der Waals surface area contributed by atoms with Crippen molar-refractivity contribution < 1.29 is 4.79 Å². The maximum absolute atomic E-state index is 11.6. The van der Waals surface area contributed by atoms with E-state index in [2.05, 4.69) is 20.6 Å². The number of anilines is 1. The largest absolute Gasteiger partial charge is 0.368 e. The van der Waals surface area contributed by atoms with Gasteiger partial charge in [0.05, 0.1) is 23.0 Å². The zero-order chi connectivity index (χ0) is 13.1. The van der Waals surface area contributed by atoms with Crippen LogP contribution in [0.4, 0.5) is 5.82 Å². The summed E-state index contributed by atoms with van der Waals surface area (Å²) in [6.07, 6.45) is 1.68. The number of aryl methyl sites for hydroxylation is 2. The average Bonchev–Trinajstić information content (AvgIpc) is 2.29. The molecule has 0 spiro atoms. The monoisotopic (exact) mass is 236 g/mol. The van der Waals surface area contributed by atoms with Gasteiger partial charge in [-0.1, -0.05) is 0 Å². The van der Waals surface area contributed by atoms with Crippen LogP contribution in [0.25, 0.3) is 0 Å². The van der Waals surface area contributed by atoms with E-state index >= 15 is 0 Å². The first-order valence-electron chi connectivity index (χ1n) is 5.63. The molecule has 0 aliphatic rings. The summed E-state index contributed by atoms with van der Waals surface area (Å²) in [6, 6.07) is 0. The lowest BCUT2D eigenvalue weighted by molar-refractivity contribution is -0.128. The second-order valence-electron chi connectivity index (χ2n) is 4.74. The summed E-state index contributed by atoms with van der Waals surface area (Å²) in [6.45, 7) is 8.11. The predicted octanol–water partition coefficient (Wildman–Crippen LogP) is 1.28. The van der Waals surface area contributed by atoms with Crippen LogP contribution in [0, 0.1) is 19.3 Å². The minimum atomic E-state index is -0.477. The highest BCUT2D eigenvalue weighted by molar-refractivity contribution is 5.82. The first-order valence-corrected chi connectivity index (χ1v) is 5.63. The van der Waals surface area contributed by atoms with Crippen LogP contribution in [-0.4, -0.2) is 29.5 Å². The third-order valence-electron chi connectivity index (χ3n) is 2.75. The van der Waals surface area contributed by atoms with Crippen LogP contribution >= 0.6 is 0 Å². The van der Waals surface area contributed by atoms with Crippen molar-refractivity contribution >= 4 is 11.7 Å². The molecule has 0 fully saturated rings. The van der Waals surface area contributed by atoms with Gasteiger partial charge in [-0.3, -0.25) is 9.78 Å². The molecule has 0 aliphatic heterocycles. The molecule has 1 heterocycles. The van der Waals surface area contributed by atoms with E-state index in [1.54, 1.807) is 13.2 Å². The van der Waals surface area contributed by atoms with Crippen molar-refractivity contribution in [2.45, 2.75) is 27.7 Å². The van der Waals surface area contributed by atoms with Gasteiger partial charge in [-0.05, 0) is 27.7 Å². The third kappa shape index (κ3) is 3.41. The highest BCUT2D eigenvalue weighted by atomic mass is 16.2. The molecule has 1 rings (SSSR count). The summed E-state index contributed by atoms with van der Waals surface area (Å²) in [5.74, 6) is 0.701. The van der Waals surface area contributed by atoms with Crippen LogP contribution < -0.4 is 10.6 Å². The fourth-order valence-electron chi connectivity index (χ4n) is 1.36. The Kier molecular flexibility index (Phi) is 4.04. The van der Waals surface area contributed by atoms with Crippen molar-refractivity contribution in [3.63, 3.8) is 0 Å². The van der Waals surface area contributed by atoms with Crippen molar-refractivity contribution in [2.24, 2.45) is 5.41 Å². The molecule has 1 aromatic heterocycles. The maximum atomic E-state index is 11.6. The zero-order valence-electron chi connectivity index (χ0n) is 11.1. The fraction of sp³-hybridized carbons (Fsp3) is 0.583. The van der Waals surface area contributed by atoms with Crippen molar-refractivity contribution in [3.05, 3.63) is 17.6 Å². The number of rotatable bonds is 4. The molecule has 0 atom stereocenters. The van der Waals surface area contributed by atoms with Crippen LogP contribution in [0.1, 0.15) is 25.2 Å². The van der Waals surface area contributed by atoms with E-state index in [-0.39, 0.29) is 5.91 Å². The summed E-state index contributed by atoms with van der Waals surface area (Å²) in [7, 11) is 1.64. The topological polar surface area (TPSA) is 66.9 Å². The molecular weight excluding hydrogens is 216 g/mol. The molecular formula is C12H20N4O. The van der Waals surface area contributed by atoms with E-state index < -0.39 is 5.41 Å². The Labute approximate surface area is 102 Å². The quantitative estimate of drug-likeness (QED) is 0.826. The number of carbonyl (C=O) groups is 1. The SMILES string of the molecule is CNC(=O)C(C)(C)CNc1cnc(C)c(C)n1. The Balaban J connectivity index is 2.67. The molecule has 17 heavy (non-hydrogen) atoms. The zero-order valence-corrected chi connectivity index (χ0v) is 11.1. The van der Waals surface area contributed by atoms with Crippen LogP contribution in [0.15, 0.2) is 6.20 Å². The van der Waals surface area contributed by atoms with Crippen molar-refractivity contribution in [1.82, 2.24) is 15.3 Å². The third-order valence-corrected chi connectivity index (χ3v) is 2.75. The minimum Gasteiger partial charge on any atom is -0.368 e. The van der Waals surface area contributed by atoms with Gasteiger partial charge in [0.1, 0.15) is 5.82 Å². The van der Waals surface area contributed by atoms with Crippen LogP contribution in [-0.2, 0) is 4.79 Å². The molecule has 2 N–H and O–H groups in total. The Morgan fingerprint density at radius 1 is 1.35 bits per heavy atom. The number of nitrogens with one attached hydrogen (secondary N) is 2. The van der Waals surface area contributed by atoms with E-state index in [0.717, 1.165) is 11.4 Å². The second-order valence-corrected chi connectivity index (χ2v) is 4.74. The van der Waals surface area contributed by atoms with Gasteiger partial charge in [0.15, 0.2) is 0 Å². The Morgan fingerprint density at radius 2 is 2.00 bits per heavy atom. The number of amides is 1. The van der Waals surface area contributed by atoms with E-state index in [0.29, 0.717) is 12.4 Å². The number of carbonyl (C=O) groups excluding carboxylic acids is 1. The van der Waals surface area contributed by atoms with Crippen LogP contribution in [0.3, 0.4) is 0 Å². The van der Waals surface area contributed by atoms with Gasteiger partial charge in [0.2, 0.25) is 5.91 Å². The van der Waals surface area contributed by atoms with Crippen LogP contribution in [0.2, 0.25) is 0 Å². The summed E-state index contributed by atoms with van der Waals surface area (Å²) in [5, 5.41) is 5.78. The summed E-state index contributed by atoms with van der Waals surface area (Å²) in [4.78, 5) is 20.2. The lowest BCUT2D eigenvalue weighted by Gasteiger charge is -2.23. The number of hydrogen-bond donors (Lipinski definition) is 2. The van der Waals surface area contributed by atoms with Crippen LogP contribution in [0.5, 0.6) is 0 Å². The lowest BCUT2D eigenvalue weighted by atomic mass is 9.92. The van der Waals surface area contributed by atoms with Crippen molar-refractivity contribution in [1.29, 1.82) is 0 Å².